The molecule has 5 nitrogen and oxygen atoms in total. The number of allylic oxidation sites excluding steroid dienone is 3. The van der Waals surface area contributed by atoms with Gasteiger partial charge in [-0.3, -0.25) is 5.43 Å². The fourth-order valence-corrected chi connectivity index (χ4v) is 0.996. The summed E-state index contributed by atoms with van der Waals surface area (Å²) in [6.45, 7) is 16.5. The minimum atomic E-state index is -0.612. The Morgan fingerprint density at radius 1 is 1.25 bits per heavy atom. The van der Waals surface area contributed by atoms with Crippen LogP contribution in [0.1, 0.15) is 34.6 Å². The lowest BCUT2D eigenvalue weighted by atomic mass is 10.2. The van der Waals surface area contributed by atoms with Crippen molar-refractivity contribution in [2.24, 2.45) is 0 Å². The van der Waals surface area contributed by atoms with Crippen molar-refractivity contribution < 1.29 is 9.53 Å². The zero-order chi connectivity index (χ0) is 16.2. The highest BCUT2D eigenvalue weighted by molar-refractivity contribution is 7.80. The largest absolute Gasteiger partial charge is 0.443 e. The molecule has 6 heteroatoms. The molecule has 0 heterocycles. The fourth-order valence-electron chi connectivity index (χ4n) is 0.814. The number of thiocarbonyl (C=S) groups is 1. The van der Waals surface area contributed by atoms with Crippen LogP contribution in [0.5, 0.6) is 0 Å². The van der Waals surface area contributed by atoms with Crippen molar-refractivity contribution >= 4 is 23.4 Å². The number of amides is 1. The van der Waals surface area contributed by atoms with Crippen molar-refractivity contribution in [1.29, 1.82) is 0 Å². The summed E-state index contributed by atoms with van der Waals surface area (Å²) < 4.78 is 5.01. The first-order valence-electron chi connectivity index (χ1n) is 6.28. The molecule has 0 bridgehead atoms. The van der Waals surface area contributed by atoms with Crippen molar-refractivity contribution in [2.75, 3.05) is 0 Å². The van der Waals surface area contributed by atoms with Crippen LogP contribution < -0.4 is 16.2 Å². The Morgan fingerprint density at radius 3 is 2.25 bits per heavy atom. The third kappa shape index (κ3) is 14.2. The van der Waals surface area contributed by atoms with Crippen molar-refractivity contribution in [1.82, 2.24) is 16.2 Å². The van der Waals surface area contributed by atoms with Crippen LogP contribution in [0.4, 0.5) is 4.79 Å². The molecular formula is C14H25N3O2S. The van der Waals surface area contributed by atoms with E-state index in [2.05, 4.69) is 29.3 Å². The molecule has 0 rings (SSSR count). The zero-order valence-electron chi connectivity index (χ0n) is 12.9. The Hall–Kier alpha value is -1.82. The lowest BCUT2D eigenvalue weighted by Gasteiger charge is -2.20. The first-order valence-corrected chi connectivity index (χ1v) is 6.69. The van der Waals surface area contributed by atoms with Crippen molar-refractivity contribution in [2.45, 2.75) is 40.2 Å². The van der Waals surface area contributed by atoms with E-state index in [4.69, 9.17) is 17.0 Å². The van der Waals surface area contributed by atoms with Crippen LogP contribution in [0.15, 0.2) is 37.1 Å². The molecule has 1 amide bonds. The van der Waals surface area contributed by atoms with Crippen LogP contribution in [0.25, 0.3) is 0 Å². The van der Waals surface area contributed by atoms with Crippen molar-refractivity contribution in [3.8, 4) is 0 Å². The molecule has 0 saturated carbocycles. The predicted octanol–water partition coefficient (Wildman–Crippen LogP) is 3.17. The molecule has 0 aliphatic rings. The van der Waals surface area contributed by atoms with Crippen LogP contribution >= 0.6 is 12.2 Å². The average molecular weight is 299 g/mol. The van der Waals surface area contributed by atoms with Gasteiger partial charge in [0.2, 0.25) is 0 Å². The number of rotatable bonds is 3. The van der Waals surface area contributed by atoms with Crippen molar-refractivity contribution in [3.05, 3.63) is 37.1 Å². The highest BCUT2D eigenvalue weighted by atomic mass is 32.1. The van der Waals surface area contributed by atoms with Gasteiger partial charge in [0.05, 0.1) is 0 Å². The Balaban J connectivity index is 0. The summed E-state index contributed by atoms with van der Waals surface area (Å²) in [5.74, 6) is 0. The van der Waals surface area contributed by atoms with Gasteiger partial charge in [0, 0.05) is 5.70 Å². The standard InChI is InChI=1S/C12H19N3O2S.C2H6/c1-6-7-8-9(2)13-10(18)14-15-11(16)17-12(3,4)5;1-2/h6-8H,1-2H2,3-5H3,(H,15,16)(H2,13,14,18);1-2H3/b8-7-;. The fraction of sp³-hybridized carbons (Fsp3) is 0.429. The highest BCUT2D eigenvalue weighted by Gasteiger charge is 2.15. The molecule has 0 aromatic heterocycles. The quantitative estimate of drug-likeness (QED) is 0.424. The number of hydrogen-bond donors (Lipinski definition) is 3. The molecule has 0 aromatic carbocycles. The van der Waals surface area contributed by atoms with Gasteiger partial charge in [-0.2, -0.15) is 0 Å². The number of nitrogens with one attached hydrogen (secondary N) is 3. The van der Waals surface area contributed by atoms with Crippen LogP contribution in [-0.2, 0) is 4.74 Å². The number of hydrogen-bond acceptors (Lipinski definition) is 3. The van der Waals surface area contributed by atoms with Crippen molar-refractivity contribution in [3.63, 3.8) is 0 Å². The van der Waals surface area contributed by atoms with Gasteiger partial charge in [-0.1, -0.05) is 39.2 Å². The van der Waals surface area contributed by atoms with Gasteiger partial charge in [-0.15, -0.1) is 0 Å². The SMILES string of the molecule is C=C/C=C\C(=C)NC(=S)NNC(=O)OC(C)(C)C.CC. The Morgan fingerprint density at radius 2 is 1.80 bits per heavy atom. The summed E-state index contributed by atoms with van der Waals surface area (Å²) >= 11 is 4.93. The van der Waals surface area contributed by atoms with Crippen LogP contribution in [0.3, 0.4) is 0 Å². The third-order valence-corrected chi connectivity index (χ3v) is 1.59. The van der Waals surface area contributed by atoms with E-state index >= 15 is 0 Å². The molecule has 0 aliphatic heterocycles. The van der Waals surface area contributed by atoms with Gasteiger partial charge in [-0.25, -0.2) is 10.2 Å². The molecule has 0 radical (unpaired) electrons. The minimum absolute atomic E-state index is 0.208. The van der Waals surface area contributed by atoms with Gasteiger partial charge >= 0.3 is 6.09 Å². The Labute approximate surface area is 127 Å². The number of carbonyl (C=O) groups excluding carboxylic acids is 1. The maximum atomic E-state index is 11.3. The molecule has 0 atom stereocenters. The second-order valence-electron chi connectivity index (χ2n) is 4.33. The van der Waals surface area contributed by atoms with E-state index in [1.54, 1.807) is 39.0 Å². The molecule has 0 aromatic rings. The summed E-state index contributed by atoms with van der Waals surface area (Å²) in [7, 11) is 0. The number of carbonyl (C=O) groups is 1. The van der Waals surface area contributed by atoms with E-state index in [-0.39, 0.29) is 5.11 Å². The average Bonchev–Trinajstić information content (AvgIpc) is 2.34. The molecular weight excluding hydrogens is 274 g/mol. The first-order chi connectivity index (χ1) is 9.24. The van der Waals surface area contributed by atoms with E-state index in [1.807, 2.05) is 13.8 Å². The van der Waals surface area contributed by atoms with Gasteiger partial charge in [0.25, 0.3) is 0 Å². The number of hydrazine groups is 1. The van der Waals surface area contributed by atoms with E-state index in [9.17, 15) is 4.79 Å². The van der Waals surface area contributed by atoms with E-state index in [0.29, 0.717) is 5.70 Å². The van der Waals surface area contributed by atoms with Gasteiger partial charge < -0.3 is 10.1 Å². The molecule has 0 fully saturated rings. The lowest BCUT2D eigenvalue weighted by Crippen LogP contribution is -2.47. The van der Waals surface area contributed by atoms with Crippen LogP contribution in [0.2, 0.25) is 0 Å². The Kier molecular flexibility index (Phi) is 11.3. The summed E-state index contributed by atoms with van der Waals surface area (Å²) in [5.41, 5.74) is 4.80. The summed E-state index contributed by atoms with van der Waals surface area (Å²) in [5, 5.41) is 2.96. The second-order valence-corrected chi connectivity index (χ2v) is 4.73. The number of ether oxygens (including phenoxy) is 1. The van der Waals surface area contributed by atoms with Gasteiger partial charge in [0.15, 0.2) is 5.11 Å². The molecule has 20 heavy (non-hydrogen) atoms. The van der Waals surface area contributed by atoms with E-state index < -0.39 is 11.7 Å². The third-order valence-electron chi connectivity index (χ3n) is 1.38. The topological polar surface area (TPSA) is 62.4 Å². The van der Waals surface area contributed by atoms with E-state index in [0.717, 1.165) is 0 Å². The zero-order valence-corrected chi connectivity index (χ0v) is 13.7. The molecule has 0 saturated heterocycles. The monoisotopic (exact) mass is 299 g/mol. The maximum Gasteiger partial charge on any atom is 0.426 e. The first kappa shape index (κ1) is 20.5. The van der Waals surface area contributed by atoms with E-state index in [1.165, 1.54) is 0 Å². The van der Waals surface area contributed by atoms with Gasteiger partial charge in [0.1, 0.15) is 5.60 Å². The second kappa shape index (κ2) is 11.0. The maximum absolute atomic E-state index is 11.3. The molecule has 3 N–H and O–H groups in total. The Bertz CT molecular complexity index is 371. The van der Waals surface area contributed by atoms with Crippen LogP contribution in [0, 0.1) is 0 Å². The normalized spacial score (nSPS) is 9.85. The molecule has 0 aliphatic carbocycles. The predicted molar refractivity (Wildman–Crippen MR) is 88.1 cm³/mol. The highest BCUT2D eigenvalue weighted by Crippen LogP contribution is 2.05. The smallest absolute Gasteiger partial charge is 0.426 e. The summed E-state index contributed by atoms with van der Waals surface area (Å²) in [6.07, 6.45) is 4.40. The summed E-state index contributed by atoms with van der Waals surface area (Å²) in [6, 6.07) is 0. The van der Waals surface area contributed by atoms with Gasteiger partial charge in [-0.05, 0) is 39.1 Å². The molecule has 114 valence electrons. The van der Waals surface area contributed by atoms with Crippen LogP contribution in [-0.4, -0.2) is 16.8 Å². The minimum Gasteiger partial charge on any atom is -0.443 e. The molecule has 0 unspecified atom stereocenters. The lowest BCUT2D eigenvalue weighted by molar-refractivity contribution is 0.0513. The summed E-state index contributed by atoms with van der Waals surface area (Å²) in [4.78, 5) is 11.3. The molecule has 0 spiro atoms.